The number of hydrogen-bond acceptors (Lipinski definition) is 2. The molecular weight excluding hydrogens is 229 g/mol. The molecule has 0 saturated carbocycles. The van der Waals surface area contributed by atoms with Gasteiger partial charge in [-0.25, -0.2) is 4.39 Å². The van der Waals surface area contributed by atoms with Gasteiger partial charge in [0.05, 0.1) is 7.11 Å². The van der Waals surface area contributed by atoms with Crippen LogP contribution in [-0.2, 0) is 0 Å². The van der Waals surface area contributed by atoms with E-state index in [1.807, 2.05) is 0 Å². The number of nitrogens with two attached hydrogens (primary N) is 1. The summed E-state index contributed by atoms with van der Waals surface area (Å²) in [7, 11) is 1.53. The van der Waals surface area contributed by atoms with Crippen LogP contribution in [0.15, 0.2) is 18.2 Å². The van der Waals surface area contributed by atoms with Gasteiger partial charge in [-0.3, -0.25) is 0 Å². The number of hydrogen-bond donors (Lipinski definition) is 1. The van der Waals surface area contributed by atoms with E-state index in [1.165, 1.54) is 13.2 Å². The predicted molar refractivity (Wildman–Crippen MR) is 73.2 cm³/mol. The Hall–Kier alpha value is -1.09. The third-order valence-electron chi connectivity index (χ3n) is 3.53. The van der Waals surface area contributed by atoms with Gasteiger partial charge in [0.1, 0.15) is 11.6 Å². The summed E-state index contributed by atoms with van der Waals surface area (Å²) in [5.41, 5.74) is 6.80. The molecule has 1 rings (SSSR count). The summed E-state index contributed by atoms with van der Waals surface area (Å²) in [6, 6.07) is 4.69. The zero-order chi connectivity index (χ0) is 13.5. The highest BCUT2D eigenvalue weighted by Crippen LogP contribution is 2.30. The molecule has 3 heteroatoms. The highest BCUT2D eigenvalue weighted by atomic mass is 19.1. The normalized spacial score (nSPS) is 14.3. The van der Waals surface area contributed by atoms with Crippen LogP contribution in [0.4, 0.5) is 4.39 Å². The fourth-order valence-corrected chi connectivity index (χ4v) is 2.26. The van der Waals surface area contributed by atoms with Crippen LogP contribution in [0.1, 0.15) is 51.1 Å². The number of ether oxygens (including phenoxy) is 1. The summed E-state index contributed by atoms with van der Waals surface area (Å²) in [5.74, 6) is 0.606. The minimum Gasteiger partial charge on any atom is -0.497 e. The first kappa shape index (κ1) is 15.0. The summed E-state index contributed by atoms with van der Waals surface area (Å²) >= 11 is 0. The first-order valence-corrected chi connectivity index (χ1v) is 6.73. The molecule has 0 bridgehead atoms. The smallest absolute Gasteiger partial charge is 0.131 e. The summed E-state index contributed by atoms with van der Waals surface area (Å²) in [5, 5.41) is 0. The second-order valence-electron chi connectivity index (χ2n) is 4.72. The number of benzene rings is 1. The van der Waals surface area contributed by atoms with Gasteiger partial charge >= 0.3 is 0 Å². The van der Waals surface area contributed by atoms with Crippen molar-refractivity contribution in [3.05, 3.63) is 29.6 Å². The van der Waals surface area contributed by atoms with Crippen LogP contribution in [0, 0.1) is 11.7 Å². The highest BCUT2D eigenvalue weighted by Gasteiger charge is 2.20. The average molecular weight is 253 g/mol. The van der Waals surface area contributed by atoms with E-state index in [4.69, 9.17) is 10.5 Å². The number of halogens is 1. The maximum Gasteiger partial charge on any atom is 0.131 e. The van der Waals surface area contributed by atoms with E-state index < -0.39 is 0 Å². The largest absolute Gasteiger partial charge is 0.497 e. The summed E-state index contributed by atoms with van der Waals surface area (Å²) in [6.45, 7) is 4.27. The molecule has 0 aliphatic heterocycles. The maximum absolute atomic E-state index is 13.9. The second-order valence-corrected chi connectivity index (χ2v) is 4.72. The summed E-state index contributed by atoms with van der Waals surface area (Å²) < 4.78 is 18.9. The molecule has 0 aliphatic rings. The maximum atomic E-state index is 13.9. The van der Waals surface area contributed by atoms with Gasteiger partial charge in [0.15, 0.2) is 0 Å². The van der Waals surface area contributed by atoms with Crippen molar-refractivity contribution in [2.75, 3.05) is 7.11 Å². The van der Waals surface area contributed by atoms with Crippen molar-refractivity contribution in [2.24, 2.45) is 11.7 Å². The van der Waals surface area contributed by atoms with E-state index in [2.05, 4.69) is 13.8 Å². The van der Waals surface area contributed by atoms with E-state index in [9.17, 15) is 4.39 Å². The molecule has 0 heterocycles. The Morgan fingerprint density at radius 1 is 1.33 bits per heavy atom. The first-order chi connectivity index (χ1) is 8.63. The van der Waals surface area contributed by atoms with Gasteiger partial charge in [0.2, 0.25) is 0 Å². The van der Waals surface area contributed by atoms with Gasteiger partial charge in [-0.15, -0.1) is 0 Å². The molecule has 102 valence electrons. The SMILES string of the molecule is CCCCC(CC)C(N)c1ccc(OC)cc1F. The number of methoxy groups -OCH3 is 1. The summed E-state index contributed by atoms with van der Waals surface area (Å²) in [4.78, 5) is 0. The monoisotopic (exact) mass is 253 g/mol. The fraction of sp³-hybridized carbons (Fsp3) is 0.600. The van der Waals surface area contributed by atoms with Crippen molar-refractivity contribution in [1.29, 1.82) is 0 Å². The lowest BCUT2D eigenvalue weighted by Crippen LogP contribution is -2.22. The van der Waals surface area contributed by atoms with E-state index >= 15 is 0 Å². The van der Waals surface area contributed by atoms with Gasteiger partial charge in [-0.1, -0.05) is 39.2 Å². The highest BCUT2D eigenvalue weighted by molar-refractivity contribution is 5.31. The topological polar surface area (TPSA) is 35.2 Å². The van der Waals surface area contributed by atoms with Crippen LogP contribution in [0.2, 0.25) is 0 Å². The molecular formula is C15H24FNO. The van der Waals surface area contributed by atoms with Gasteiger partial charge in [-0.05, 0) is 18.4 Å². The average Bonchev–Trinajstić information content (AvgIpc) is 2.39. The Morgan fingerprint density at radius 2 is 2.06 bits per heavy atom. The lowest BCUT2D eigenvalue weighted by Gasteiger charge is -2.23. The Morgan fingerprint density at radius 3 is 2.56 bits per heavy atom. The molecule has 0 spiro atoms. The molecule has 0 fully saturated rings. The standard InChI is InChI=1S/C15H24FNO/c1-4-6-7-11(5-2)15(17)13-9-8-12(18-3)10-14(13)16/h8-11,15H,4-7,17H2,1-3H3. The van der Waals surface area contributed by atoms with Gasteiger partial charge < -0.3 is 10.5 Å². The lowest BCUT2D eigenvalue weighted by molar-refractivity contribution is 0.367. The molecule has 0 amide bonds. The second kappa shape index (κ2) is 7.37. The molecule has 1 aromatic carbocycles. The Labute approximate surface area is 109 Å². The minimum atomic E-state index is -0.267. The van der Waals surface area contributed by atoms with Crippen LogP contribution < -0.4 is 10.5 Å². The van der Waals surface area contributed by atoms with Crippen molar-refractivity contribution in [3.8, 4) is 5.75 Å². The quantitative estimate of drug-likeness (QED) is 0.795. The van der Waals surface area contributed by atoms with Crippen LogP contribution in [-0.4, -0.2) is 7.11 Å². The van der Waals surface area contributed by atoms with Crippen molar-refractivity contribution < 1.29 is 9.13 Å². The zero-order valence-corrected chi connectivity index (χ0v) is 11.6. The molecule has 2 atom stereocenters. The van der Waals surface area contributed by atoms with E-state index in [1.54, 1.807) is 12.1 Å². The molecule has 2 nitrogen and oxygen atoms in total. The van der Waals surface area contributed by atoms with Gasteiger partial charge in [-0.2, -0.15) is 0 Å². The van der Waals surface area contributed by atoms with Crippen LogP contribution in [0.5, 0.6) is 5.75 Å². The number of rotatable bonds is 7. The molecule has 0 aliphatic carbocycles. The first-order valence-electron chi connectivity index (χ1n) is 6.73. The summed E-state index contributed by atoms with van der Waals surface area (Å²) in [6.07, 6.45) is 4.32. The van der Waals surface area contributed by atoms with E-state index in [-0.39, 0.29) is 11.9 Å². The molecule has 2 unspecified atom stereocenters. The van der Waals surface area contributed by atoms with Crippen molar-refractivity contribution in [2.45, 2.75) is 45.6 Å². The molecule has 0 saturated heterocycles. The van der Waals surface area contributed by atoms with Crippen LogP contribution in [0.25, 0.3) is 0 Å². The van der Waals surface area contributed by atoms with Crippen LogP contribution >= 0.6 is 0 Å². The Bertz CT molecular complexity index is 368. The molecule has 1 aromatic rings. The van der Waals surface area contributed by atoms with Crippen molar-refractivity contribution in [1.82, 2.24) is 0 Å². The van der Waals surface area contributed by atoms with Crippen molar-refractivity contribution in [3.63, 3.8) is 0 Å². The predicted octanol–water partition coefficient (Wildman–Crippen LogP) is 4.05. The van der Waals surface area contributed by atoms with Crippen LogP contribution in [0.3, 0.4) is 0 Å². The van der Waals surface area contributed by atoms with Gasteiger partial charge in [0.25, 0.3) is 0 Å². The third-order valence-corrected chi connectivity index (χ3v) is 3.53. The molecule has 18 heavy (non-hydrogen) atoms. The molecule has 0 radical (unpaired) electrons. The molecule has 2 N–H and O–H groups in total. The van der Waals surface area contributed by atoms with E-state index in [0.717, 1.165) is 25.7 Å². The molecule has 0 aromatic heterocycles. The van der Waals surface area contributed by atoms with E-state index in [0.29, 0.717) is 17.2 Å². The zero-order valence-electron chi connectivity index (χ0n) is 11.6. The lowest BCUT2D eigenvalue weighted by atomic mass is 9.87. The Balaban J connectivity index is 2.83. The Kier molecular flexibility index (Phi) is 6.13. The fourth-order valence-electron chi connectivity index (χ4n) is 2.26. The number of unbranched alkanes of at least 4 members (excludes halogenated alkanes) is 1. The third kappa shape index (κ3) is 3.70. The van der Waals surface area contributed by atoms with Gasteiger partial charge in [0, 0.05) is 17.7 Å². The van der Waals surface area contributed by atoms with Crippen molar-refractivity contribution >= 4 is 0 Å². The minimum absolute atomic E-state index is 0.229.